The zero-order valence-corrected chi connectivity index (χ0v) is 12.6. The van der Waals surface area contributed by atoms with Gasteiger partial charge in [-0.1, -0.05) is 17.7 Å². The smallest absolute Gasteiger partial charge is 0.254 e. The Kier molecular flexibility index (Phi) is 4.90. The maximum atomic E-state index is 11.5. The third-order valence-corrected chi connectivity index (χ3v) is 2.95. The monoisotopic (exact) mass is 300 g/mol. The molecular formula is C15H20N6O. The maximum absolute atomic E-state index is 11.5. The van der Waals surface area contributed by atoms with Crippen molar-refractivity contribution in [1.82, 2.24) is 9.97 Å². The van der Waals surface area contributed by atoms with Gasteiger partial charge in [-0.25, -0.2) is 4.98 Å². The second kappa shape index (κ2) is 6.86. The van der Waals surface area contributed by atoms with E-state index in [9.17, 15) is 4.79 Å². The first kappa shape index (κ1) is 15.7. The molecule has 22 heavy (non-hydrogen) atoms. The van der Waals surface area contributed by atoms with Crippen molar-refractivity contribution in [3.63, 3.8) is 0 Å². The van der Waals surface area contributed by atoms with Gasteiger partial charge in [-0.05, 0) is 26.0 Å². The van der Waals surface area contributed by atoms with Gasteiger partial charge < -0.3 is 22.1 Å². The van der Waals surface area contributed by atoms with Gasteiger partial charge >= 0.3 is 0 Å². The quantitative estimate of drug-likeness (QED) is 0.640. The fraction of sp³-hybridized carbons (Fsp3) is 0.267. The Morgan fingerprint density at radius 2 is 2.00 bits per heavy atom. The molecule has 6 N–H and O–H groups in total. The molecule has 2 aromatic rings. The number of carbonyl (C=O) groups is 1. The second-order valence-electron chi connectivity index (χ2n) is 5.17. The molecule has 2 rings (SSSR count). The van der Waals surface area contributed by atoms with Crippen LogP contribution in [-0.4, -0.2) is 28.5 Å². The van der Waals surface area contributed by atoms with Gasteiger partial charge in [0, 0.05) is 24.5 Å². The van der Waals surface area contributed by atoms with Crippen molar-refractivity contribution >= 4 is 23.4 Å². The molecule has 0 saturated heterocycles. The minimum absolute atomic E-state index is 0.0343. The number of anilines is 3. The zero-order valence-electron chi connectivity index (χ0n) is 12.6. The standard InChI is InChI=1S/C15H20N6O/c1-9-3-5-11(6-4-9)20-14-12(13(17)22)8-19-15(21-14)18-7-10(2)16/h3-6,8,10H,7,16H2,1-2H3,(H2,17,22)(H2,18,19,20,21). The van der Waals surface area contributed by atoms with E-state index in [1.54, 1.807) is 0 Å². The molecule has 0 radical (unpaired) electrons. The van der Waals surface area contributed by atoms with Crippen molar-refractivity contribution in [3.8, 4) is 0 Å². The van der Waals surface area contributed by atoms with Crippen molar-refractivity contribution in [2.75, 3.05) is 17.2 Å². The predicted octanol–water partition coefficient (Wildman–Crippen LogP) is 1.39. The van der Waals surface area contributed by atoms with Crippen LogP contribution in [-0.2, 0) is 0 Å². The molecule has 0 bridgehead atoms. The number of amides is 1. The first-order chi connectivity index (χ1) is 10.5. The minimum atomic E-state index is -0.589. The van der Waals surface area contributed by atoms with Crippen LogP contribution in [0.25, 0.3) is 0 Å². The Labute approximate surface area is 129 Å². The van der Waals surface area contributed by atoms with E-state index in [1.807, 2.05) is 38.1 Å². The van der Waals surface area contributed by atoms with Crippen LogP contribution in [0.4, 0.5) is 17.5 Å². The highest BCUT2D eigenvalue weighted by Gasteiger charge is 2.12. The van der Waals surface area contributed by atoms with Crippen LogP contribution in [0.5, 0.6) is 0 Å². The first-order valence-electron chi connectivity index (χ1n) is 6.95. The molecule has 0 spiro atoms. The Bertz CT molecular complexity index is 654. The average Bonchev–Trinajstić information content (AvgIpc) is 2.47. The van der Waals surface area contributed by atoms with E-state index in [2.05, 4.69) is 20.6 Å². The molecule has 0 saturated carbocycles. The lowest BCUT2D eigenvalue weighted by Crippen LogP contribution is -2.26. The second-order valence-corrected chi connectivity index (χ2v) is 5.17. The fourth-order valence-electron chi connectivity index (χ4n) is 1.77. The summed E-state index contributed by atoms with van der Waals surface area (Å²) in [5, 5.41) is 6.09. The summed E-state index contributed by atoms with van der Waals surface area (Å²) in [5.41, 5.74) is 13.2. The van der Waals surface area contributed by atoms with Crippen LogP contribution < -0.4 is 22.1 Å². The Hall–Kier alpha value is -2.67. The van der Waals surface area contributed by atoms with E-state index in [1.165, 1.54) is 6.20 Å². The highest BCUT2D eigenvalue weighted by Crippen LogP contribution is 2.19. The summed E-state index contributed by atoms with van der Waals surface area (Å²) in [7, 11) is 0. The number of hydrogen-bond acceptors (Lipinski definition) is 6. The molecule has 0 aliphatic heterocycles. The normalized spacial score (nSPS) is 11.8. The summed E-state index contributed by atoms with van der Waals surface area (Å²) in [6.45, 7) is 4.40. The topological polar surface area (TPSA) is 119 Å². The molecule has 7 nitrogen and oxygen atoms in total. The van der Waals surface area contributed by atoms with Gasteiger partial charge in [0.05, 0.1) is 0 Å². The van der Waals surface area contributed by atoms with Crippen LogP contribution in [0.2, 0.25) is 0 Å². The van der Waals surface area contributed by atoms with Crippen LogP contribution in [0, 0.1) is 6.92 Å². The molecule has 1 amide bonds. The van der Waals surface area contributed by atoms with Crippen molar-refractivity contribution in [2.24, 2.45) is 11.5 Å². The number of aryl methyl sites for hydroxylation is 1. The third kappa shape index (κ3) is 4.16. The van der Waals surface area contributed by atoms with Gasteiger partial charge in [-0.15, -0.1) is 0 Å². The van der Waals surface area contributed by atoms with Crippen LogP contribution in [0.1, 0.15) is 22.8 Å². The lowest BCUT2D eigenvalue weighted by molar-refractivity contribution is 0.100. The number of nitrogens with zero attached hydrogens (tertiary/aromatic N) is 2. The maximum Gasteiger partial charge on any atom is 0.254 e. The number of aromatic nitrogens is 2. The number of nitrogens with two attached hydrogens (primary N) is 2. The molecular weight excluding hydrogens is 280 g/mol. The van der Waals surface area contributed by atoms with E-state index < -0.39 is 5.91 Å². The van der Waals surface area contributed by atoms with Crippen molar-refractivity contribution in [2.45, 2.75) is 19.9 Å². The van der Waals surface area contributed by atoms with Crippen LogP contribution in [0.3, 0.4) is 0 Å². The number of hydrogen-bond donors (Lipinski definition) is 4. The summed E-state index contributed by atoms with van der Waals surface area (Å²) < 4.78 is 0. The van der Waals surface area contributed by atoms with Gasteiger partial charge in [0.2, 0.25) is 5.95 Å². The zero-order chi connectivity index (χ0) is 16.1. The molecule has 1 atom stereocenters. The van der Waals surface area contributed by atoms with Gasteiger partial charge in [-0.2, -0.15) is 4.98 Å². The average molecular weight is 300 g/mol. The van der Waals surface area contributed by atoms with Gasteiger partial charge in [0.15, 0.2) is 0 Å². The molecule has 0 aliphatic rings. The molecule has 0 aliphatic carbocycles. The molecule has 1 aromatic heterocycles. The minimum Gasteiger partial charge on any atom is -0.365 e. The lowest BCUT2D eigenvalue weighted by atomic mass is 10.2. The molecule has 116 valence electrons. The van der Waals surface area contributed by atoms with E-state index in [0.717, 1.165) is 11.3 Å². The number of primary amides is 1. The van der Waals surface area contributed by atoms with Gasteiger partial charge in [0.1, 0.15) is 11.4 Å². The molecule has 1 heterocycles. The van der Waals surface area contributed by atoms with Crippen LogP contribution >= 0.6 is 0 Å². The van der Waals surface area contributed by atoms with E-state index >= 15 is 0 Å². The largest absolute Gasteiger partial charge is 0.365 e. The van der Waals surface area contributed by atoms with Crippen molar-refractivity contribution in [1.29, 1.82) is 0 Å². The fourth-order valence-corrected chi connectivity index (χ4v) is 1.77. The SMILES string of the molecule is Cc1ccc(Nc2nc(NCC(C)N)ncc2C(N)=O)cc1. The van der Waals surface area contributed by atoms with E-state index in [-0.39, 0.29) is 11.6 Å². The Balaban J connectivity index is 2.27. The lowest BCUT2D eigenvalue weighted by Gasteiger charge is -2.12. The summed E-state index contributed by atoms with van der Waals surface area (Å²) in [5.74, 6) is 0.156. The van der Waals surface area contributed by atoms with Gasteiger partial charge in [0.25, 0.3) is 5.91 Å². The van der Waals surface area contributed by atoms with Crippen molar-refractivity contribution in [3.05, 3.63) is 41.6 Å². The summed E-state index contributed by atoms with van der Waals surface area (Å²) in [6.07, 6.45) is 1.40. The number of rotatable bonds is 6. The third-order valence-electron chi connectivity index (χ3n) is 2.95. The number of carbonyl (C=O) groups excluding carboxylic acids is 1. The molecule has 0 fully saturated rings. The summed E-state index contributed by atoms with van der Waals surface area (Å²) in [6, 6.07) is 7.69. The highest BCUT2D eigenvalue weighted by atomic mass is 16.1. The molecule has 1 aromatic carbocycles. The van der Waals surface area contributed by atoms with E-state index in [4.69, 9.17) is 11.5 Å². The number of nitrogens with one attached hydrogen (secondary N) is 2. The van der Waals surface area contributed by atoms with E-state index in [0.29, 0.717) is 18.3 Å². The Morgan fingerprint density at radius 3 is 2.59 bits per heavy atom. The Morgan fingerprint density at radius 1 is 1.32 bits per heavy atom. The molecule has 1 unspecified atom stereocenters. The number of benzene rings is 1. The molecule has 7 heteroatoms. The summed E-state index contributed by atoms with van der Waals surface area (Å²) >= 11 is 0. The first-order valence-corrected chi connectivity index (χ1v) is 6.95. The van der Waals surface area contributed by atoms with Crippen LogP contribution in [0.15, 0.2) is 30.5 Å². The van der Waals surface area contributed by atoms with Crippen molar-refractivity contribution < 1.29 is 4.79 Å². The summed E-state index contributed by atoms with van der Waals surface area (Å²) in [4.78, 5) is 19.9. The predicted molar refractivity (Wildman–Crippen MR) is 87.2 cm³/mol. The highest BCUT2D eigenvalue weighted by molar-refractivity contribution is 5.98. The van der Waals surface area contributed by atoms with Gasteiger partial charge in [-0.3, -0.25) is 4.79 Å².